The van der Waals surface area contributed by atoms with Gasteiger partial charge in [-0.25, -0.2) is 15.0 Å². The molecule has 0 unspecified atom stereocenters. The maximum Gasteiger partial charge on any atom is 0.263 e. The van der Waals surface area contributed by atoms with E-state index < -0.39 is 0 Å². The fourth-order valence-electron chi connectivity index (χ4n) is 2.21. The third kappa shape index (κ3) is 3.80. The van der Waals surface area contributed by atoms with Gasteiger partial charge in [0.25, 0.3) is 5.91 Å². The van der Waals surface area contributed by atoms with Crippen LogP contribution in [0.2, 0.25) is 0 Å². The highest BCUT2D eigenvalue weighted by Crippen LogP contribution is 2.25. The van der Waals surface area contributed by atoms with Crippen LogP contribution in [0, 0.1) is 6.92 Å². The van der Waals surface area contributed by atoms with E-state index in [0.717, 1.165) is 6.42 Å². The summed E-state index contributed by atoms with van der Waals surface area (Å²) in [5, 5.41) is 7.85. The molecule has 0 fully saturated rings. The smallest absolute Gasteiger partial charge is 0.263 e. The molecule has 7 heteroatoms. The Balaban J connectivity index is 1.71. The highest BCUT2D eigenvalue weighted by atomic mass is 32.1. The number of carbonyl (C=O) groups is 1. The Hall–Kier alpha value is -2.12. The van der Waals surface area contributed by atoms with Gasteiger partial charge in [-0.2, -0.15) is 11.3 Å². The lowest BCUT2D eigenvalue weighted by Crippen LogP contribution is -2.33. The average Bonchev–Trinajstić information content (AvgIpc) is 3.17. The molecule has 0 bridgehead atoms. The molecule has 3 aromatic rings. The molecular weight excluding hydrogens is 328 g/mol. The number of nitrogens with one attached hydrogen (secondary N) is 1. The molecule has 0 aliphatic carbocycles. The highest BCUT2D eigenvalue weighted by Gasteiger charge is 2.19. The zero-order chi connectivity index (χ0) is 16.2. The minimum absolute atomic E-state index is 0.0648. The van der Waals surface area contributed by atoms with Gasteiger partial charge in [0.2, 0.25) is 0 Å². The molecule has 0 radical (unpaired) electrons. The van der Waals surface area contributed by atoms with Crippen LogP contribution in [-0.4, -0.2) is 26.9 Å². The van der Waals surface area contributed by atoms with E-state index in [4.69, 9.17) is 0 Å². The fraction of sp³-hybridized carbons (Fsp3) is 0.250. The Labute approximate surface area is 142 Å². The third-order valence-electron chi connectivity index (χ3n) is 3.26. The second-order valence-electron chi connectivity index (χ2n) is 5.22. The number of thiazole rings is 1. The third-order valence-corrected chi connectivity index (χ3v) is 5.14. The van der Waals surface area contributed by atoms with Gasteiger partial charge in [-0.05, 0) is 48.7 Å². The fourth-order valence-corrected chi connectivity index (χ4v) is 3.81. The second-order valence-corrected chi connectivity index (χ2v) is 7.00. The molecule has 0 saturated carbocycles. The molecule has 1 N–H and O–H groups in total. The molecule has 0 aromatic carbocycles. The molecule has 0 aliphatic rings. The Morgan fingerprint density at radius 1 is 1.35 bits per heavy atom. The van der Waals surface area contributed by atoms with Gasteiger partial charge in [0, 0.05) is 18.4 Å². The van der Waals surface area contributed by atoms with E-state index in [1.165, 1.54) is 16.9 Å². The van der Waals surface area contributed by atoms with Crippen molar-refractivity contribution in [2.24, 2.45) is 0 Å². The van der Waals surface area contributed by atoms with Crippen LogP contribution in [0.1, 0.15) is 27.9 Å². The molecule has 3 rings (SSSR count). The lowest BCUT2D eigenvalue weighted by Gasteiger charge is -2.12. The minimum Gasteiger partial charge on any atom is -0.348 e. The van der Waals surface area contributed by atoms with Gasteiger partial charge >= 0.3 is 0 Å². The van der Waals surface area contributed by atoms with Gasteiger partial charge in [0.15, 0.2) is 10.8 Å². The first-order valence-electron chi connectivity index (χ1n) is 7.20. The van der Waals surface area contributed by atoms with Crippen molar-refractivity contribution in [2.45, 2.75) is 26.3 Å². The van der Waals surface area contributed by atoms with Crippen molar-refractivity contribution in [3.05, 3.63) is 51.4 Å². The number of aryl methyl sites for hydroxylation is 1. The minimum atomic E-state index is -0.0927. The van der Waals surface area contributed by atoms with Crippen molar-refractivity contribution in [3.63, 3.8) is 0 Å². The zero-order valence-corrected chi connectivity index (χ0v) is 14.4. The first kappa shape index (κ1) is 15.8. The number of carbonyl (C=O) groups excluding carboxylic acids is 1. The maximum atomic E-state index is 12.5. The average molecular weight is 344 g/mol. The number of thiophene rings is 1. The van der Waals surface area contributed by atoms with Crippen LogP contribution in [0.25, 0.3) is 10.8 Å². The first-order valence-corrected chi connectivity index (χ1v) is 8.96. The predicted molar refractivity (Wildman–Crippen MR) is 92.8 cm³/mol. The van der Waals surface area contributed by atoms with E-state index >= 15 is 0 Å². The van der Waals surface area contributed by atoms with Crippen LogP contribution < -0.4 is 5.32 Å². The number of rotatable bonds is 5. The van der Waals surface area contributed by atoms with Gasteiger partial charge in [0.1, 0.15) is 4.88 Å². The van der Waals surface area contributed by atoms with E-state index in [-0.39, 0.29) is 11.9 Å². The normalized spacial score (nSPS) is 12.1. The summed E-state index contributed by atoms with van der Waals surface area (Å²) in [6, 6.07) is 3.90. The molecule has 3 heterocycles. The summed E-state index contributed by atoms with van der Waals surface area (Å²) in [5.41, 5.74) is 1.94. The zero-order valence-electron chi connectivity index (χ0n) is 12.8. The molecule has 0 aliphatic heterocycles. The topological polar surface area (TPSA) is 67.8 Å². The Bertz CT molecular complexity index is 784. The number of hydrogen-bond acceptors (Lipinski definition) is 6. The SMILES string of the molecule is Cc1nc(-c2ncccn2)sc1C(=O)N[C@@H](C)Cc1ccsc1. The van der Waals surface area contributed by atoms with Crippen LogP contribution >= 0.6 is 22.7 Å². The van der Waals surface area contributed by atoms with Crippen molar-refractivity contribution in [3.8, 4) is 10.8 Å². The van der Waals surface area contributed by atoms with Gasteiger partial charge in [-0.1, -0.05) is 0 Å². The van der Waals surface area contributed by atoms with Gasteiger partial charge in [-0.15, -0.1) is 11.3 Å². The van der Waals surface area contributed by atoms with E-state index in [2.05, 4.69) is 31.7 Å². The quantitative estimate of drug-likeness (QED) is 0.771. The number of hydrogen-bond donors (Lipinski definition) is 1. The van der Waals surface area contributed by atoms with Crippen LogP contribution in [0.4, 0.5) is 0 Å². The number of aromatic nitrogens is 3. The molecule has 0 saturated heterocycles. The standard InChI is InChI=1S/C16H16N4OS2/c1-10(8-12-4-7-22-9-12)19-15(21)13-11(2)20-16(23-13)14-17-5-3-6-18-14/h3-7,9-10H,8H2,1-2H3,(H,19,21)/t10-/m0/s1. The molecule has 3 aromatic heterocycles. The van der Waals surface area contributed by atoms with Crippen molar-refractivity contribution in [2.75, 3.05) is 0 Å². The van der Waals surface area contributed by atoms with E-state index in [1.54, 1.807) is 29.8 Å². The monoisotopic (exact) mass is 344 g/mol. The Morgan fingerprint density at radius 3 is 2.83 bits per heavy atom. The predicted octanol–water partition coefficient (Wildman–Crippen LogP) is 3.33. The molecule has 1 amide bonds. The van der Waals surface area contributed by atoms with Crippen molar-refractivity contribution in [1.82, 2.24) is 20.3 Å². The van der Waals surface area contributed by atoms with E-state index in [1.807, 2.05) is 19.2 Å². The summed E-state index contributed by atoms with van der Waals surface area (Å²) in [4.78, 5) is 25.9. The van der Waals surface area contributed by atoms with Gasteiger partial charge < -0.3 is 5.32 Å². The largest absolute Gasteiger partial charge is 0.348 e. The summed E-state index contributed by atoms with van der Waals surface area (Å²) >= 11 is 2.99. The van der Waals surface area contributed by atoms with Crippen LogP contribution in [0.3, 0.4) is 0 Å². The lowest BCUT2D eigenvalue weighted by molar-refractivity contribution is 0.0943. The summed E-state index contributed by atoms with van der Waals surface area (Å²) in [6.07, 6.45) is 4.16. The molecule has 1 atom stereocenters. The van der Waals surface area contributed by atoms with Crippen molar-refractivity contribution in [1.29, 1.82) is 0 Å². The number of amides is 1. The summed E-state index contributed by atoms with van der Waals surface area (Å²) < 4.78 is 0. The lowest BCUT2D eigenvalue weighted by atomic mass is 10.1. The molecular formula is C16H16N4OS2. The van der Waals surface area contributed by atoms with E-state index in [0.29, 0.717) is 21.4 Å². The van der Waals surface area contributed by atoms with Crippen molar-refractivity contribution >= 4 is 28.6 Å². The summed E-state index contributed by atoms with van der Waals surface area (Å²) in [5.74, 6) is 0.455. The number of nitrogens with zero attached hydrogens (tertiary/aromatic N) is 3. The van der Waals surface area contributed by atoms with Gasteiger partial charge in [-0.3, -0.25) is 4.79 Å². The highest BCUT2D eigenvalue weighted by molar-refractivity contribution is 7.17. The van der Waals surface area contributed by atoms with E-state index in [9.17, 15) is 4.79 Å². The molecule has 0 spiro atoms. The summed E-state index contributed by atoms with van der Waals surface area (Å²) in [6.45, 7) is 3.84. The van der Waals surface area contributed by atoms with Crippen LogP contribution in [-0.2, 0) is 6.42 Å². The molecule has 23 heavy (non-hydrogen) atoms. The molecule has 5 nitrogen and oxygen atoms in total. The van der Waals surface area contributed by atoms with Crippen LogP contribution in [0.15, 0.2) is 35.3 Å². The first-order chi connectivity index (χ1) is 11.1. The Morgan fingerprint density at radius 2 is 2.13 bits per heavy atom. The Kier molecular flexibility index (Phi) is 4.78. The van der Waals surface area contributed by atoms with Crippen molar-refractivity contribution < 1.29 is 4.79 Å². The van der Waals surface area contributed by atoms with Gasteiger partial charge in [0.05, 0.1) is 5.69 Å². The second kappa shape index (κ2) is 6.97. The maximum absolute atomic E-state index is 12.5. The van der Waals surface area contributed by atoms with Crippen LogP contribution in [0.5, 0.6) is 0 Å². The molecule has 118 valence electrons. The summed E-state index contributed by atoms with van der Waals surface area (Å²) in [7, 11) is 0.